The molecule has 0 amide bonds. The summed E-state index contributed by atoms with van der Waals surface area (Å²) in [4.78, 5) is 6.63. The van der Waals surface area contributed by atoms with Crippen molar-refractivity contribution in [2.24, 2.45) is 0 Å². The summed E-state index contributed by atoms with van der Waals surface area (Å²) in [6.07, 6.45) is 8.37. The summed E-state index contributed by atoms with van der Waals surface area (Å²) in [6.45, 7) is 4.33. The van der Waals surface area contributed by atoms with Crippen molar-refractivity contribution in [3.05, 3.63) is 30.2 Å². The molecular weight excluding hydrogens is 226 g/mol. The van der Waals surface area contributed by atoms with Gasteiger partial charge < -0.3 is 14.0 Å². The third-order valence-corrected chi connectivity index (χ3v) is 3.65. The van der Waals surface area contributed by atoms with Crippen LogP contribution in [-0.2, 0) is 0 Å². The Hall–Kier alpha value is -1.55. The van der Waals surface area contributed by atoms with E-state index in [9.17, 15) is 0 Å². The number of aryl methyl sites for hydroxylation is 1. The Balaban J connectivity index is 1.79. The topological polar surface area (TPSA) is 29.8 Å². The molecule has 4 heteroatoms. The molecule has 3 rings (SSSR count). The summed E-state index contributed by atoms with van der Waals surface area (Å²) in [5.74, 6) is 0.982. The zero-order chi connectivity index (χ0) is 12.5. The highest BCUT2D eigenvalue weighted by atomic mass is 16.5. The summed E-state index contributed by atoms with van der Waals surface area (Å²) < 4.78 is 8.15. The lowest BCUT2D eigenvalue weighted by Crippen LogP contribution is -2.35. The molecule has 0 aliphatic carbocycles. The van der Waals surface area contributed by atoms with Crippen molar-refractivity contribution in [1.29, 1.82) is 0 Å². The minimum Gasteiger partial charge on any atom is -0.489 e. The van der Waals surface area contributed by atoms with Crippen molar-refractivity contribution < 1.29 is 4.74 Å². The van der Waals surface area contributed by atoms with Gasteiger partial charge in [0, 0.05) is 25.5 Å². The van der Waals surface area contributed by atoms with Crippen LogP contribution in [0.3, 0.4) is 0 Å². The highest BCUT2D eigenvalue weighted by Crippen LogP contribution is 2.23. The van der Waals surface area contributed by atoms with Gasteiger partial charge in [-0.15, -0.1) is 0 Å². The molecule has 0 unspecified atom stereocenters. The molecule has 2 aromatic heterocycles. The maximum absolute atomic E-state index is 6.14. The van der Waals surface area contributed by atoms with Crippen LogP contribution in [0.15, 0.2) is 24.7 Å². The number of aromatic nitrogens is 2. The second kappa shape index (κ2) is 4.61. The summed E-state index contributed by atoms with van der Waals surface area (Å²) >= 11 is 0. The van der Waals surface area contributed by atoms with Crippen LogP contribution in [0.2, 0.25) is 0 Å². The lowest BCUT2D eigenvalue weighted by atomic mass is 10.1. The van der Waals surface area contributed by atoms with Crippen LogP contribution < -0.4 is 4.74 Å². The van der Waals surface area contributed by atoms with Gasteiger partial charge >= 0.3 is 0 Å². The largest absolute Gasteiger partial charge is 0.489 e. The van der Waals surface area contributed by atoms with Gasteiger partial charge in [-0.1, -0.05) is 0 Å². The molecule has 0 spiro atoms. The zero-order valence-electron chi connectivity index (χ0n) is 11.0. The Morgan fingerprint density at radius 3 is 2.89 bits per heavy atom. The molecule has 1 aliphatic heterocycles. The molecule has 96 valence electrons. The number of nitrogens with zero attached hydrogens (tertiary/aromatic N) is 3. The molecule has 0 N–H and O–H groups in total. The lowest BCUT2D eigenvalue weighted by Gasteiger charge is -2.29. The Morgan fingerprint density at radius 2 is 2.11 bits per heavy atom. The minimum absolute atomic E-state index is 0.348. The van der Waals surface area contributed by atoms with Gasteiger partial charge in [-0.3, -0.25) is 0 Å². The standard InChI is InChI=1S/C14H19N3O/c1-11-9-14-15-5-8-17(14)10-13(11)18-12-3-6-16(2)7-4-12/h5,8-10,12H,3-4,6-7H2,1-2H3. The fraction of sp³-hybridized carbons (Fsp3) is 0.500. The average Bonchev–Trinajstić information content (AvgIpc) is 2.79. The van der Waals surface area contributed by atoms with E-state index in [4.69, 9.17) is 4.74 Å². The summed E-state index contributed by atoms with van der Waals surface area (Å²) in [6, 6.07) is 2.07. The van der Waals surface area contributed by atoms with Crippen molar-refractivity contribution in [2.75, 3.05) is 20.1 Å². The molecule has 0 saturated carbocycles. The van der Waals surface area contributed by atoms with Crippen LogP contribution in [0.1, 0.15) is 18.4 Å². The Bertz CT molecular complexity index is 541. The Labute approximate surface area is 107 Å². The van der Waals surface area contributed by atoms with Gasteiger partial charge in [0.2, 0.25) is 0 Å². The predicted molar refractivity (Wildman–Crippen MR) is 71.1 cm³/mol. The predicted octanol–water partition coefficient (Wildman–Crippen LogP) is 2.12. The van der Waals surface area contributed by atoms with Gasteiger partial charge in [0.25, 0.3) is 0 Å². The van der Waals surface area contributed by atoms with Crippen LogP contribution in [0.5, 0.6) is 5.75 Å². The first-order chi connectivity index (χ1) is 8.72. The van der Waals surface area contributed by atoms with E-state index in [0.29, 0.717) is 6.10 Å². The van der Waals surface area contributed by atoms with E-state index in [1.807, 2.05) is 23.0 Å². The van der Waals surface area contributed by atoms with Crippen LogP contribution in [0.4, 0.5) is 0 Å². The van der Waals surface area contributed by atoms with Crippen LogP contribution in [0, 0.1) is 6.92 Å². The van der Waals surface area contributed by atoms with Crippen molar-refractivity contribution in [3.63, 3.8) is 0 Å². The Kier molecular flexibility index (Phi) is 2.96. The molecule has 0 atom stereocenters. The third-order valence-electron chi connectivity index (χ3n) is 3.65. The molecular formula is C14H19N3O. The summed E-state index contributed by atoms with van der Waals surface area (Å²) in [5.41, 5.74) is 2.14. The third kappa shape index (κ3) is 2.20. The molecule has 0 radical (unpaired) electrons. The second-order valence-electron chi connectivity index (χ2n) is 5.13. The summed E-state index contributed by atoms with van der Waals surface area (Å²) in [7, 11) is 2.17. The van der Waals surface area contributed by atoms with E-state index in [2.05, 4.69) is 29.9 Å². The van der Waals surface area contributed by atoms with Crippen molar-refractivity contribution >= 4 is 5.65 Å². The molecule has 0 aromatic carbocycles. The van der Waals surface area contributed by atoms with Crippen molar-refractivity contribution in [1.82, 2.24) is 14.3 Å². The van der Waals surface area contributed by atoms with E-state index < -0.39 is 0 Å². The molecule has 0 bridgehead atoms. The van der Waals surface area contributed by atoms with E-state index in [0.717, 1.165) is 42.9 Å². The van der Waals surface area contributed by atoms with Gasteiger partial charge in [-0.25, -0.2) is 4.98 Å². The van der Waals surface area contributed by atoms with E-state index >= 15 is 0 Å². The first-order valence-electron chi connectivity index (χ1n) is 6.51. The number of rotatable bonds is 2. The number of hydrogen-bond donors (Lipinski definition) is 0. The second-order valence-corrected chi connectivity index (χ2v) is 5.13. The fourth-order valence-electron chi connectivity index (χ4n) is 2.44. The van der Waals surface area contributed by atoms with Crippen LogP contribution >= 0.6 is 0 Å². The monoisotopic (exact) mass is 245 g/mol. The van der Waals surface area contributed by atoms with Gasteiger partial charge in [0.05, 0.1) is 6.20 Å². The van der Waals surface area contributed by atoms with Gasteiger partial charge in [-0.2, -0.15) is 0 Å². The molecule has 1 saturated heterocycles. The number of imidazole rings is 1. The number of fused-ring (bicyclic) bond motifs is 1. The Morgan fingerprint density at radius 1 is 1.33 bits per heavy atom. The number of pyridine rings is 1. The molecule has 4 nitrogen and oxygen atoms in total. The van der Waals surface area contributed by atoms with Crippen molar-refractivity contribution in [3.8, 4) is 5.75 Å². The maximum Gasteiger partial charge on any atom is 0.139 e. The molecule has 2 aromatic rings. The molecule has 1 fully saturated rings. The molecule has 18 heavy (non-hydrogen) atoms. The quantitative estimate of drug-likeness (QED) is 0.811. The van der Waals surface area contributed by atoms with Gasteiger partial charge in [0.15, 0.2) is 0 Å². The average molecular weight is 245 g/mol. The van der Waals surface area contributed by atoms with Gasteiger partial charge in [-0.05, 0) is 38.4 Å². The normalized spacial score (nSPS) is 18.3. The number of likely N-dealkylation sites (tertiary alicyclic amines) is 1. The smallest absolute Gasteiger partial charge is 0.139 e. The SMILES string of the molecule is Cc1cc2nccn2cc1OC1CCN(C)CC1. The first kappa shape index (κ1) is 11.5. The van der Waals surface area contributed by atoms with E-state index in [1.54, 1.807) is 0 Å². The molecule has 3 heterocycles. The number of ether oxygens (including phenoxy) is 1. The number of piperidine rings is 1. The highest BCUT2D eigenvalue weighted by molar-refractivity contribution is 5.46. The minimum atomic E-state index is 0.348. The molecule has 1 aliphatic rings. The van der Waals surface area contributed by atoms with Crippen LogP contribution in [-0.4, -0.2) is 40.5 Å². The van der Waals surface area contributed by atoms with Crippen LogP contribution in [0.25, 0.3) is 5.65 Å². The van der Waals surface area contributed by atoms with Crippen molar-refractivity contribution in [2.45, 2.75) is 25.9 Å². The van der Waals surface area contributed by atoms with E-state index in [-0.39, 0.29) is 0 Å². The lowest BCUT2D eigenvalue weighted by molar-refractivity contribution is 0.113. The van der Waals surface area contributed by atoms with Gasteiger partial charge in [0.1, 0.15) is 17.5 Å². The maximum atomic E-state index is 6.14. The number of hydrogen-bond acceptors (Lipinski definition) is 3. The highest BCUT2D eigenvalue weighted by Gasteiger charge is 2.18. The van der Waals surface area contributed by atoms with E-state index in [1.165, 1.54) is 0 Å². The summed E-state index contributed by atoms with van der Waals surface area (Å²) in [5, 5.41) is 0. The zero-order valence-corrected chi connectivity index (χ0v) is 11.0. The first-order valence-corrected chi connectivity index (χ1v) is 6.51. The fourth-order valence-corrected chi connectivity index (χ4v) is 2.44.